The number of hydrogen-bond acceptors (Lipinski definition) is 5. The standard InChI is InChI=1S/C18H20N4O2/c23-16(20-11-15-10-12-1-2-14(15)9-12)3-4-17-21-18(22-24-17)13-5-7-19-8-6-13/h1-2,5-8,12,14-15H,3-4,9-11H2,(H,20,23). The Bertz CT molecular complexity index is 740. The van der Waals surface area contributed by atoms with Crippen LogP contribution in [-0.4, -0.2) is 27.6 Å². The Labute approximate surface area is 140 Å². The minimum absolute atomic E-state index is 0.0467. The maximum Gasteiger partial charge on any atom is 0.227 e. The normalized spacial score (nSPS) is 24.4. The first-order chi connectivity index (χ1) is 11.8. The van der Waals surface area contributed by atoms with E-state index in [0.29, 0.717) is 36.4 Å². The van der Waals surface area contributed by atoms with E-state index in [2.05, 4.69) is 32.6 Å². The summed E-state index contributed by atoms with van der Waals surface area (Å²) >= 11 is 0. The molecule has 2 aliphatic carbocycles. The number of aromatic nitrogens is 3. The summed E-state index contributed by atoms with van der Waals surface area (Å²) in [6.45, 7) is 0.774. The van der Waals surface area contributed by atoms with Crippen molar-refractivity contribution in [2.75, 3.05) is 6.54 Å². The molecule has 0 radical (unpaired) electrons. The molecule has 6 heteroatoms. The number of fused-ring (bicyclic) bond motifs is 2. The molecule has 3 unspecified atom stereocenters. The van der Waals surface area contributed by atoms with Gasteiger partial charge in [0.15, 0.2) is 0 Å². The number of rotatable bonds is 6. The van der Waals surface area contributed by atoms with Gasteiger partial charge in [-0.05, 0) is 42.7 Å². The highest BCUT2D eigenvalue weighted by molar-refractivity contribution is 5.76. The number of nitrogens with one attached hydrogen (secondary N) is 1. The molecule has 0 spiro atoms. The van der Waals surface area contributed by atoms with Crippen molar-refractivity contribution in [2.24, 2.45) is 17.8 Å². The maximum atomic E-state index is 12.0. The van der Waals surface area contributed by atoms with Crippen molar-refractivity contribution < 1.29 is 9.32 Å². The summed E-state index contributed by atoms with van der Waals surface area (Å²) in [7, 11) is 0. The number of aryl methyl sites for hydroxylation is 1. The summed E-state index contributed by atoms with van der Waals surface area (Å²) < 4.78 is 5.22. The summed E-state index contributed by atoms with van der Waals surface area (Å²) in [5, 5.41) is 6.99. The van der Waals surface area contributed by atoms with Crippen molar-refractivity contribution in [3.63, 3.8) is 0 Å². The van der Waals surface area contributed by atoms with Crippen molar-refractivity contribution in [3.8, 4) is 11.4 Å². The molecule has 2 aromatic rings. The van der Waals surface area contributed by atoms with Crippen LogP contribution < -0.4 is 5.32 Å². The Balaban J connectivity index is 1.24. The van der Waals surface area contributed by atoms with Crippen LogP contribution in [0.15, 0.2) is 41.2 Å². The van der Waals surface area contributed by atoms with Crippen LogP contribution in [0.1, 0.15) is 25.2 Å². The largest absolute Gasteiger partial charge is 0.356 e. The zero-order valence-electron chi connectivity index (χ0n) is 13.4. The van der Waals surface area contributed by atoms with Crippen LogP contribution in [0.3, 0.4) is 0 Å². The van der Waals surface area contributed by atoms with Gasteiger partial charge in [-0.3, -0.25) is 9.78 Å². The van der Waals surface area contributed by atoms with Crippen LogP contribution in [0.5, 0.6) is 0 Å². The predicted octanol–water partition coefficient (Wildman–Crippen LogP) is 2.39. The Morgan fingerprint density at radius 2 is 2.12 bits per heavy atom. The van der Waals surface area contributed by atoms with Crippen molar-refractivity contribution >= 4 is 5.91 Å². The third-order valence-electron chi connectivity index (χ3n) is 4.95. The molecule has 124 valence electrons. The van der Waals surface area contributed by atoms with E-state index in [4.69, 9.17) is 4.52 Å². The lowest BCUT2D eigenvalue weighted by Crippen LogP contribution is -2.31. The Morgan fingerprint density at radius 1 is 1.25 bits per heavy atom. The summed E-state index contributed by atoms with van der Waals surface area (Å²) in [5.74, 6) is 3.06. The molecule has 2 bridgehead atoms. The highest BCUT2D eigenvalue weighted by Gasteiger charge is 2.35. The zero-order valence-corrected chi connectivity index (χ0v) is 13.4. The van der Waals surface area contributed by atoms with Gasteiger partial charge in [0.05, 0.1) is 0 Å². The predicted molar refractivity (Wildman–Crippen MR) is 87.7 cm³/mol. The van der Waals surface area contributed by atoms with Gasteiger partial charge in [-0.2, -0.15) is 4.98 Å². The maximum absolute atomic E-state index is 12.0. The van der Waals surface area contributed by atoms with Crippen molar-refractivity contribution in [1.29, 1.82) is 0 Å². The topological polar surface area (TPSA) is 80.9 Å². The highest BCUT2D eigenvalue weighted by Crippen LogP contribution is 2.42. The number of carbonyl (C=O) groups excluding carboxylic acids is 1. The molecule has 2 heterocycles. The summed E-state index contributed by atoms with van der Waals surface area (Å²) in [4.78, 5) is 20.3. The van der Waals surface area contributed by atoms with Gasteiger partial charge in [0.1, 0.15) is 0 Å². The minimum Gasteiger partial charge on any atom is -0.356 e. The van der Waals surface area contributed by atoms with E-state index in [-0.39, 0.29) is 5.91 Å². The van der Waals surface area contributed by atoms with E-state index in [1.165, 1.54) is 12.8 Å². The third kappa shape index (κ3) is 3.22. The molecule has 2 aromatic heterocycles. The molecule has 0 aliphatic heterocycles. The molecule has 24 heavy (non-hydrogen) atoms. The second kappa shape index (κ2) is 6.55. The van der Waals surface area contributed by atoms with E-state index in [9.17, 15) is 4.79 Å². The SMILES string of the molecule is O=C(CCc1nc(-c2ccncc2)no1)NCC1CC2C=CC1C2. The molecule has 1 amide bonds. The van der Waals surface area contributed by atoms with Gasteiger partial charge in [0.25, 0.3) is 0 Å². The molecule has 1 fully saturated rings. The fourth-order valence-electron chi connectivity index (χ4n) is 3.66. The van der Waals surface area contributed by atoms with Crippen molar-refractivity contribution in [3.05, 3.63) is 42.6 Å². The summed E-state index contributed by atoms with van der Waals surface area (Å²) in [5.41, 5.74) is 0.855. The monoisotopic (exact) mass is 324 g/mol. The average molecular weight is 324 g/mol. The van der Waals surface area contributed by atoms with E-state index in [1.807, 2.05) is 12.1 Å². The fourth-order valence-corrected chi connectivity index (χ4v) is 3.66. The zero-order chi connectivity index (χ0) is 16.4. The lowest BCUT2D eigenvalue weighted by molar-refractivity contribution is -0.121. The quantitative estimate of drug-likeness (QED) is 0.825. The van der Waals surface area contributed by atoms with Crippen molar-refractivity contribution in [1.82, 2.24) is 20.4 Å². The third-order valence-corrected chi connectivity index (χ3v) is 4.95. The van der Waals surface area contributed by atoms with Gasteiger partial charge in [0, 0.05) is 37.3 Å². The smallest absolute Gasteiger partial charge is 0.227 e. The number of hydrogen-bond donors (Lipinski definition) is 1. The Kier molecular flexibility index (Phi) is 4.11. The van der Waals surface area contributed by atoms with Crippen LogP contribution in [0.4, 0.5) is 0 Å². The average Bonchev–Trinajstić information content (AvgIpc) is 3.35. The summed E-state index contributed by atoms with van der Waals surface area (Å²) in [6.07, 6.45) is 11.3. The van der Waals surface area contributed by atoms with Gasteiger partial charge in [-0.25, -0.2) is 0 Å². The molecular formula is C18H20N4O2. The molecule has 1 saturated carbocycles. The number of pyridine rings is 1. The van der Waals surface area contributed by atoms with Crippen molar-refractivity contribution in [2.45, 2.75) is 25.7 Å². The molecule has 1 N–H and O–H groups in total. The first-order valence-corrected chi connectivity index (χ1v) is 8.46. The van der Waals surface area contributed by atoms with Crippen LogP contribution in [0, 0.1) is 17.8 Å². The number of carbonyl (C=O) groups is 1. The van der Waals surface area contributed by atoms with Gasteiger partial charge >= 0.3 is 0 Å². The first kappa shape index (κ1) is 15.1. The van der Waals surface area contributed by atoms with Gasteiger partial charge in [-0.15, -0.1) is 0 Å². The molecule has 4 rings (SSSR count). The highest BCUT2D eigenvalue weighted by atomic mass is 16.5. The van der Waals surface area contributed by atoms with Crippen LogP contribution in [-0.2, 0) is 11.2 Å². The van der Waals surface area contributed by atoms with E-state index < -0.39 is 0 Å². The van der Waals surface area contributed by atoms with E-state index in [1.54, 1.807) is 12.4 Å². The first-order valence-electron chi connectivity index (χ1n) is 8.46. The molecular weight excluding hydrogens is 304 g/mol. The van der Waals surface area contributed by atoms with Crippen LogP contribution >= 0.6 is 0 Å². The van der Waals surface area contributed by atoms with Gasteiger partial charge < -0.3 is 9.84 Å². The molecule has 2 aliphatic rings. The van der Waals surface area contributed by atoms with Gasteiger partial charge in [-0.1, -0.05) is 17.3 Å². The fraction of sp³-hybridized carbons (Fsp3) is 0.444. The Hall–Kier alpha value is -2.50. The number of amides is 1. The molecule has 0 aromatic carbocycles. The lowest BCUT2D eigenvalue weighted by Gasteiger charge is -2.18. The summed E-state index contributed by atoms with van der Waals surface area (Å²) in [6, 6.07) is 3.65. The van der Waals surface area contributed by atoms with E-state index >= 15 is 0 Å². The van der Waals surface area contributed by atoms with Gasteiger partial charge in [0.2, 0.25) is 17.6 Å². The van der Waals surface area contributed by atoms with Crippen LogP contribution in [0.2, 0.25) is 0 Å². The Morgan fingerprint density at radius 3 is 2.88 bits per heavy atom. The van der Waals surface area contributed by atoms with E-state index in [0.717, 1.165) is 18.0 Å². The molecule has 6 nitrogen and oxygen atoms in total. The number of nitrogens with zero attached hydrogens (tertiary/aromatic N) is 3. The number of allylic oxidation sites excluding steroid dienone is 2. The minimum atomic E-state index is 0.0467. The van der Waals surface area contributed by atoms with Crippen LogP contribution in [0.25, 0.3) is 11.4 Å². The second-order valence-corrected chi connectivity index (χ2v) is 6.59. The molecule has 0 saturated heterocycles. The lowest BCUT2D eigenvalue weighted by atomic mass is 9.93. The second-order valence-electron chi connectivity index (χ2n) is 6.59. The molecule has 3 atom stereocenters.